The fraction of sp³-hybridized carbons (Fsp3) is 0.909. The summed E-state index contributed by atoms with van der Waals surface area (Å²) in [6, 6.07) is 0.416. The standard InChI is InChI=1S/C11H18N2O2/c1-11(3-2-4-15-11)10(14)13-9-7-5-12-6-8(7)9/h7-9,12H,2-6H2,1H3,(H,13,14). The van der Waals surface area contributed by atoms with Gasteiger partial charge in [-0.15, -0.1) is 0 Å². The van der Waals surface area contributed by atoms with Crippen molar-refractivity contribution in [2.24, 2.45) is 11.8 Å². The van der Waals surface area contributed by atoms with Gasteiger partial charge in [0.1, 0.15) is 5.60 Å². The summed E-state index contributed by atoms with van der Waals surface area (Å²) in [5, 5.41) is 6.46. The molecule has 0 aromatic heterocycles. The van der Waals surface area contributed by atoms with Crippen LogP contribution in [-0.2, 0) is 9.53 Å². The van der Waals surface area contributed by atoms with Gasteiger partial charge in [0.2, 0.25) is 0 Å². The molecule has 0 bridgehead atoms. The molecule has 2 N–H and O–H groups in total. The van der Waals surface area contributed by atoms with Crippen LogP contribution in [0.5, 0.6) is 0 Å². The number of amides is 1. The molecule has 0 aromatic carbocycles. The molecule has 0 spiro atoms. The Kier molecular flexibility index (Phi) is 2.04. The number of piperidine rings is 1. The van der Waals surface area contributed by atoms with Gasteiger partial charge < -0.3 is 15.4 Å². The first-order valence-corrected chi connectivity index (χ1v) is 5.86. The Hall–Kier alpha value is -0.610. The third kappa shape index (κ3) is 1.47. The minimum absolute atomic E-state index is 0.0967. The highest BCUT2D eigenvalue weighted by Gasteiger charge is 2.55. The van der Waals surface area contributed by atoms with Crippen LogP contribution in [-0.4, -0.2) is 37.2 Å². The Morgan fingerprint density at radius 3 is 2.80 bits per heavy atom. The van der Waals surface area contributed by atoms with E-state index in [1.165, 1.54) is 0 Å². The van der Waals surface area contributed by atoms with Crippen LogP contribution in [0.4, 0.5) is 0 Å². The lowest BCUT2D eigenvalue weighted by molar-refractivity contribution is -0.139. The van der Waals surface area contributed by atoms with E-state index >= 15 is 0 Å². The molecule has 3 fully saturated rings. The Bertz CT molecular complexity index is 276. The molecule has 2 aliphatic heterocycles. The number of hydrogen-bond donors (Lipinski definition) is 2. The topological polar surface area (TPSA) is 50.4 Å². The number of carbonyl (C=O) groups excluding carboxylic acids is 1. The lowest BCUT2D eigenvalue weighted by Gasteiger charge is -2.22. The smallest absolute Gasteiger partial charge is 0.252 e. The van der Waals surface area contributed by atoms with Gasteiger partial charge in [0.15, 0.2) is 0 Å². The van der Waals surface area contributed by atoms with E-state index in [0.717, 1.165) is 32.5 Å². The van der Waals surface area contributed by atoms with Gasteiger partial charge in [0.05, 0.1) is 0 Å². The molecule has 0 aromatic rings. The van der Waals surface area contributed by atoms with E-state index in [1.807, 2.05) is 6.92 Å². The van der Waals surface area contributed by atoms with E-state index in [4.69, 9.17) is 4.74 Å². The number of rotatable bonds is 2. The molecule has 1 amide bonds. The second-order valence-electron chi connectivity index (χ2n) is 5.17. The number of ether oxygens (including phenoxy) is 1. The summed E-state index contributed by atoms with van der Waals surface area (Å²) >= 11 is 0. The lowest BCUT2D eigenvalue weighted by atomic mass is 10.0. The van der Waals surface area contributed by atoms with Gasteiger partial charge in [-0.25, -0.2) is 0 Å². The first-order chi connectivity index (χ1) is 7.21. The monoisotopic (exact) mass is 210 g/mol. The van der Waals surface area contributed by atoms with Gasteiger partial charge in [-0.05, 0) is 31.6 Å². The second-order valence-corrected chi connectivity index (χ2v) is 5.17. The predicted molar refractivity (Wildman–Crippen MR) is 55.4 cm³/mol. The summed E-state index contributed by atoms with van der Waals surface area (Å²) in [4.78, 5) is 12.0. The SMILES string of the molecule is CC1(C(=O)NC2C3CNCC32)CCCO1. The zero-order valence-electron chi connectivity index (χ0n) is 9.08. The lowest BCUT2D eigenvalue weighted by Crippen LogP contribution is -2.46. The van der Waals surface area contributed by atoms with Gasteiger partial charge in [0.25, 0.3) is 5.91 Å². The number of nitrogens with one attached hydrogen (secondary N) is 2. The summed E-state index contributed by atoms with van der Waals surface area (Å²) in [6.45, 7) is 4.76. The average Bonchev–Trinajstić information content (AvgIpc) is 2.66. The maximum atomic E-state index is 12.0. The summed E-state index contributed by atoms with van der Waals surface area (Å²) < 4.78 is 5.53. The third-order valence-corrected chi connectivity index (χ3v) is 4.09. The second kappa shape index (κ2) is 3.19. The van der Waals surface area contributed by atoms with Crippen LogP contribution in [0.1, 0.15) is 19.8 Å². The molecule has 1 aliphatic carbocycles. The Labute approximate surface area is 89.7 Å². The summed E-state index contributed by atoms with van der Waals surface area (Å²) in [7, 11) is 0. The summed E-state index contributed by atoms with van der Waals surface area (Å²) in [5.74, 6) is 1.46. The first-order valence-electron chi connectivity index (χ1n) is 5.86. The minimum atomic E-state index is -0.551. The van der Waals surface area contributed by atoms with Gasteiger partial charge in [-0.1, -0.05) is 0 Å². The van der Waals surface area contributed by atoms with Crippen LogP contribution in [0.2, 0.25) is 0 Å². The first kappa shape index (κ1) is 9.60. The molecule has 3 unspecified atom stereocenters. The van der Waals surface area contributed by atoms with E-state index in [0.29, 0.717) is 17.9 Å². The van der Waals surface area contributed by atoms with Crippen molar-refractivity contribution >= 4 is 5.91 Å². The van der Waals surface area contributed by atoms with Crippen LogP contribution in [0.25, 0.3) is 0 Å². The van der Waals surface area contributed by atoms with E-state index in [-0.39, 0.29) is 5.91 Å². The van der Waals surface area contributed by atoms with Crippen LogP contribution < -0.4 is 10.6 Å². The maximum absolute atomic E-state index is 12.0. The molecule has 15 heavy (non-hydrogen) atoms. The molecule has 0 radical (unpaired) electrons. The minimum Gasteiger partial charge on any atom is -0.365 e. The summed E-state index contributed by atoms with van der Waals surface area (Å²) in [6.07, 6.45) is 1.86. The van der Waals surface area contributed by atoms with Crippen molar-refractivity contribution in [3.8, 4) is 0 Å². The van der Waals surface area contributed by atoms with Crippen molar-refractivity contribution in [1.29, 1.82) is 0 Å². The number of carbonyl (C=O) groups is 1. The zero-order valence-corrected chi connectivity index (χ0v) is 9.08. The van der Waals surface area contributed by atoms with Crippen molar-refractivity contribution in [2.75, 3.05) is 19.7 Å². The fourth-order valence-electron chi connectivity index (χ4n) is 2.89. The Balaban J connectivity index is 1.57. The molecule has 3 aliphatic rings. The van der Waals surface area contributed by atoms with Crippen LogP contribution in [0.3, 0.4) is 0 Å². The molecule has 2 saturated heterocycles. The quantitative estimate of drug-likeness (QED) is 0.668. The zero-order chi connectivity index (χ0) is 10.5. The van der Waals surface area contributed by atoms with Gasteiger partial charge >= 0.3 is 0 Å². The van der Waals surface area contributed by atoms with Crippen molar-refractivity contribution in [1.82, 2.24) is 10.6 Å². The Morgan fingerprint density at radius 1 is 1.47 bits per heavy atom. The molecule has 3 atom stereocenters. The number of fused-ring (bicyclic) bond motifs is 1. The highest BCUT2D eigenvalue weighted by atomic mass is 16.5. The molecule has 1 saturated carbocycles. The van der Waals surface area contributed by atoms with Gasteiger partial charge in [0, 0.05) is 25.7 Å². The molecular weight excluding hydrogens is 192 g/mol. The largest absolute Gasteiger partial charge is 0.365 e. The van der Waals surface area contributed by atoms with E-state index in [1.54, 1.807) is 0 Å². The van der Waals surface area contributed by atoms with Gasteiger partial charge in [-0.2, -0.15) is 0 Å². The molecule has 4 heteroatoms. The molecule has 3 rings (SSSR count). The normalized spacial score (nSPS) is 47.7. The van der Waals surface area contributed by atoms with Crippen LogP contribution in [0, 0.1) is 11.8 Å². The van der Waals surface area contributed by atoms with E-state index in [9.17, 15) is 4.79 Å². The fourth-order valence-corrected chi connectivity index (χ4v) is 2.89. The summed E-state index contributed by atoms with van der Waals surface area (Å²) in [5.41, 5.74) is -0.551. The van der Waals surface area contributed by atoms with E-state index in [2.05, 4.69) is 10.6 Å². The van der Waals surface area contributed by atoms with Crippen molar-refractivity contribution < 1.29 is 9.53 Å². The maximum Gasteiger partial charge on any atom is 0.252 e. The molecule has 4 nitrogen and oxygen atoms in total. The van der Waals surface area contributed by atoms with E-state index < -0.39 is 5.60 Å². The Morgan fingerprint density at radius 2 is 2.20 bits per heavy atom. The van der Waals surface area contributed by atoms with Gasteiger partial charge in [-0.3, -0.25) is 4.79 Å². The average molecular weight is 210 g/mol. The molecular formula is C11H18N2O2. The van der Waals surface area contributed by atoms with Crippen molar-refractivity contribution in [3.63, 3.8) is 0 Å². The highest BCUT2D eigenvalue weighted by Crippen LogP contribution is 2.42. The van der Waals surface area contributed by atoms with Crippen LogP contribution in [0.15, 0.2) is 0 Å². The number of hydrogen-bond acceptors (Lipinski definition) is 3. The molecule has 2 heterocycles. The highest BCUT2D eigenvalue weighted by molar-refractivity contribution is 5.85. The van der Waals surface area contributed by atoms with Crippen molar-refractivity contribution in [3.05, 3.63) is 0 Å². The molecule has 84 valence electrons. The van der Waals surface area contributed by atoms with Crippen LogP contribution >= 0.6 is 0 Å². The predicted octanol–water partition coefficient (Wildman–Crippen LogP) is -0.111. The third-order valence-electron chi connectivity index (χ3n) is 4.09. The van der Waals surface area contributed by atoms with Crippen molar-refractivity contribution in [2.45, 2.75) is 31.4 Å².